The van der Waals surface area contributed by atoms with Crippen molar-refractivity contribution in [2.45, 2.75) is 0 Å². The molecule has 0 saturated heterocycles. The van der Waals surface area contributed by atoms with Crippen molar-refractivity contribution < 1.29 is 0 Å². The summed E-state index contributed by atoms with van der Waals surface area (Å²) < 4.78 is 2.37. The molecule has 0 aliphatic rings. The number of rotatable bonds is 4. The number of para-hydroxylation sites is 2. The van der Waals surface area contributed by atoms with Crippen LogP contribution in [-0.2, 0) is 0 Å². The molecule has 2 aromatic heterocycles. The lowest BCUT2D eigenvalue weighted by molar-refractivity contribution is 1.18. The van der Waals surface area contributed by atoms with Crippen molar-refractivity contribution in [1.29, 1.82) is 0 Å². The quantitative estimate of drug-likeness (QED) is 0.183. The van der Waals surface area contributed by atoms with Gasteiger partial charge in [-0.25, -0.2) is 0 Å². The predicted molar refractivity (Wildman–Crippen MR) is 190 cm³/mol. The van der Waals surface area contributed by atoms with Crippen LogP contribution in [0.3, 0.4) is 0 Å². The molecule has 44 heavy (non-hydrogen) atoms. The van der Waals surface area contributed by atoms with Gasteiger partial charge in [-0.3, -0.25) is 0 Å². The van der Waals surface area contributed by atoms with Gasteiger partial charge in [0.05, 0.1) is 11.0 Å². The maximum absolute atomic E-state index is 2.37. The van der Waals surface area contributed by atoms with Gasteiger partial charge >= 0.3 is 0 Å². The van der Waals surface area contributed by atoms with Gasteiger partial charge in [0.25, 0.3) is 0 Å². The predicted octanol–water partition coefficient (Wildman–Crippen LogP) is 12.2. The molecule has 9 rings (SSSR count). The number of nitrogens with zero attached hydrogens (tertiary/aromatic N) is 1. The van der Waals surface area contributed by atoms with Crippen molar-refractivity contribution in [1.82, 2.24) is 4.57 Å². The highest BCUT2D eigenvalue weighted by Gasteiger charge is 2.15. The maximum Gasteiger partial charge on any atom is 0.0541 e. The largest absolute Gasteiger partial charge is 0.309 e. The molecule has 2 heteroatoms. The third-order valence-corrected chi connectivity index (χ3v) is 9.99. The van der Waals surface area contributed by atoms with E-state index in [0.717, 1.165) is 0 Å². The van der Waals surface area contributed by atoms with Gasteiger partial charge in [-0.05, 0) is 92.3 Å². The van der Waals surface area contributed by atoms with E-state index < -0.39 is 0 Å². The summed E-state index contributed by atoms with van der Waals surface area (Å²) in [6, 6.07) is 59.6. The molecule has 206 valence electrons. The Hall–Kier alpha value is -5.44. The van der Waals surface area contributed by atoms with E-state index in [9.17, 15) is 0 Å². The lowest BCUT2D eigenvalue weighted by atomic mass is 9.91. The number of fused-ring (bicyclic) bond motifs is 5. The second-order valence-corrected chi connectivity index (χ2v) is 12.4. The summed E-state index contributed by atoms with van der Waals surface area (Å²) in [6.07, 6.45) is 0. The highest BCUT2D eigenvalue weighted by atomic mass is 32.1. The zero-order chi connectivity index (χ0) is 29.0. The molecule has 1 nitrogen and oxygen atoms in total. The zero-order valence-electron chi connectivity index (χ0n) is 23.9. The van der Waals surface area contributed by atoms with Crippen molar-refractivity contribution in [2.75, 3.05) is 0 Å². The van der Waals surface area contributed by atoms with Crippen LogP contribution in [0.1, 0.15) is 0 Å². The average Bonchev–Trinajstić information content (AvgIpc) is 3.71. The van der Waals surface area contributed by atoms with Gasteiger partial charge in [0.1, 0.15) is 0 Å². The lowest BCUT2D eigenvalue weighted by Gasteiger charge is -2.12. The van der Waals surface area contributed by atoms with E-state index in [1.54, 1.807) is 0 Å². The van der Waals surface area contributed by atoms with Crippen molar-refractivity contribution in [3.63, 3.8) is 0 Å². The Morgan fingerprint density at radius 1 is 0.364 bits per heavy atom. The van der Waals surface area contributed by atoms with Gasteiger partial charge in [0.2, 0.25) is 0 Å². The molecule has 0 unspecified atom stereocenters. The number of aromatic nitrogens is 1. The van der Waals surface area contributed by atoms with E-state index in [1.165, 1.54) is 81.0 Å². The second kappa shape index (κ2) is 10.1. The molecule has 0 spiro atoms. The molecule has 7 aromatic carbocycles. The smallest absolute Gasteiger partial charge is 0.0541 e. The molecule has 9 aromatic rings. The summed E-state index contributed by atoms with van der Waals surface area (Å²) in [4.78, 5) is 2.56. The molecular weight excluding hydrogens is 551 g/mol. The highest BCUT2D eigenvalue weighted by Crippen LogP contribution is 2.41. The Bertz CT molecular complexity index is 2430. The number of thiophene rings is 1. The molecule has 2 heterocycles. The molecule has 0 amide bonds. The van der Waals surface area contributed by atoms with Crippen LogP contribution >= 0.6 is 11.3 Å². The third-order valence-electron chi connectivity index (χ3n) is 8.81. The SMILES string of the molecule is c1ccc(-n2c3ccccc3c3cc(-c4ccc(-c5ccc(-c6c7ccccc7cc7ccccc67)cc5)s4)ccc32)cc1. The fraction of sp³-hybridized carbons (Fsp3) is 0. The van der Waals surface area contributed by atoms with Crippen LogP contribution in [-0.4, -0.2) is 4.57 Å². The van der Waals surface area contributed by atoms with Crippen molar-refractivity contribution >= 4 is 54.7 Å². The summed E-state index contributed by atoms with van der Waals surface area (Å²) >= 11 is 1.86. The number of hydrogen-bond acceptors (Lipinski definition) is 1. The summed E-state index contributed by atoms with van der Waals surface area (Å²) in [5.74, 6) is 0. The molecule has 0 bridgehead atoms. The maximum atomic E-state index is 2.37. The summed E-state index contributed by atoms with van der Waals surface area (Å²) in [7, 11) is 0. The summed E-state index contributed by atoms with van der Waals surface area (Å²) in [6.45, 7) is 0. The summed E-state index contributed by atoms with van der Waals surface area (Å²) in [5.41, 5.74) is 8.70. The van der Waals surface area contributed by atoms with Crippen LogP contribution in [0, 0.1) is 0 Å². The minimum absolute atomic E-state index is 1.19. The Kier molecular flexibility index (Phi) is 5.75. The van der Waals surface area contributed by atoms with E-state index in [0.29, 0.717) is 0 Å². The van der Waals surface area contributed by atoms with E-state index >= 15 is 0 Å². The highest BCUT2D eigenvalue weighted by molar-refractivity contribution is 7.18. The average molecular weight is 578 g/mol. The minimum atomic E-state index is 1.19. The molecular formula is C42H27NS. The Balaban J connectivity index is 1.10. The van der Waals surface area contributed by atoms with Crippen LogP contribution in [0.4, 0.5) is 0 Å². The van der Waals surface area contributed by atoms with E-state index in [1.807, 2.05) is 11.3 Å². The lowest BCUT2D eigenvalue weighted by Crippen LogP contribution is -1.92. The number of benzene rings is 7. The molecule has 0 atom stereocenters. The first-order valence-electron chi connectivity index (χ1n) is 15.0. The van der Waals surface area contributed by atoms with Crippen LogP contribution in [0.25, 0.3) is 81.0 Å². The Morgan fingerprint density at radius 2 is 0.909 bits per heavy atom. The van der Waals surface area contributed by atoms with Gasteiger partial charge in [-0.2, -0.15) is 0 Å². The van der Waals surface area contributed by atoms with E-state index in [-0.39, 0.29) is 0 Å². The fourth-order valence-electron chi connectivity index (χ4n) is 6.76. The van der Waals surface area contributed by atoms with Crippen LogP contribution < -0.4 is 0 Å². The first-order chi connectivity index (χ1) is 21.8. The van der Waals surface area contributed by atoms with Crippen molar-refractivity contribution in [2.24, 2.45) is 0 Å². The molecule has 0 aliphatic heterocycles. The normalized spacial score (nSPS) is 11.6. The van der Waals surface area contributed by atoms with Gasteiger partial charge in [-0.1, -0.05) is 115 Å². The van der Waals surface area contributed by atoms with Gasteiger partial charge in [0, 0.05) is 26.2 Å². The van der Waals surface area contributed by atoms with Gasteiger partial charge in [-0.15, -0.1) is 11.3 Å². The van der Waals surface area contributed by atoms with Crippen LogP contribution in [0.5, 0.6) is 0 Å². The monoisotopic (exact) mass is 577 g/mol. The van der Waals surface area contributed by atoms with Crippen molar-refractivity contribution in [3.05, 3.63) is 164 Å². The molecule has 0 aliphatic carbocycles. The molecule has 0 saturated carbocycles. The topological polar surface area (TPSA) is 4.93 Å². The second-order valence-electron chi connectivity index (χ2n) is 11.4. The zero-order valence-corrected chi connectivity index (χ0v) is 24.8. The summed E-state index contributed by atoms with van der Waals surface area (Å²) in [5, 5.41) is 7.70. The minimum Gasteiger partial charge on any atom is -0.309 e. The first-order valence-corrected chi connectivity index (χ1v) is 15.8. The Labute approximate surface area is 259 Å². The first kappa shape index (κ1) is 25.1. The van der Waals surface area contributed by atoms with Gasteiger partial charge < -0.3 is 4.57 Å². The van der Waals surface area contributed by atoms with Crippen LogP contribution in [0.15, 0.2) is 164 Å². The third kappa shape index (κ3) is 4.00. The Morgan fingerprint density at radius 3 is 1.64 bits per heavy atom. The van der Waals surface area contributed by atoms with Crippen molar-refractivity contribution in [3.8, 4) is 37.7 Å². The van der Waals surface area contributed by atoms with Gasteiger partial charge in [0.15, 0.2) is 0 Å². The van der Waals surface area contributed by atoms with E-state index in [2.05, 4.69) is 168 Å². The molecule has 0 fully saturated rings. The standard InChI is InChI=1S/C42H27NS/c1-2-12-33(13-3-1)43-38-17-9-8-16-36(38)37-27-32(22-23-39(37)43)41-25-24-40(44-41)28-18-20-29(21-19-28)42-34-14-6-4-10-30(34)26-31-11-5-7-15-35(31)42/h1-27H. The van der Waals surface area contributed by atoms with Crippen LogP contribution in [0.2, 0.25) is 0 Å². The molecule has 0 radical (unpaired) electrons. The fourth-order valence-corrected chi connectivity index (χ4v) is 7.76. The number of hydrogen-bond donors (Lipinski definition) is 0. The molecule has 0 N–H and O–H groups in total. The van der Waals surface area contributed by atoms with E-state index in [4.69, 9.17) is 0 Å².